The molecule has 7 nitrogen and oxygen atoms in total. The number of pyridine rings is 1. The van der Waals surface area contributed by atoms with Crippen molar-refractivity contribution in [1.82, 2.24) is 25.4 Å². The molecule has 7 heteroatoms. The molecule has 0 aliphatic carbocycles. The van der Waals surface area contributed by atoms with E-state index in [2.05, 4.69) is 43.8 Å². The third kappa shape index (κ3) is 6.31. The average Bonchev–Trinajstić information content (AvgIpc) is 3.07. The SMILES string of the molecule is O=C(NCc1ccnc(N2CCCCCC2)c1)NCc1cnn(Cc2ccccc2)c1. The summed E-state index contributed by atoms with van der Waals surface area (Å²) in [6, 6.07) is 14.0. The molecule has 2 N–H and O–H groups in total. The molecule has 3 heterocycles. The Morgan fingerprint density at radius 3 is 2.42 bits per heavy atom. The molecule has 0 atom stereocenters. The van der Waals surface area contributed by atoms with Gasteiger partial charge in [-0.2, -0.15) is 5.10 Å². The van der Waals surface area contributed by atoms with Crippen LogP contribution in [0.3, 0.4) is 0 Å². The summed E-state index contributed by atoms with van der Waals surface area (Å²) in [5, 5.41) is 10.2. The molecule has 1 saturated heterocycles. The van der Waals surface area contributed by atoms with Crippen molar-refractivity contribution in [1.29, 1.82) is 0 Å². The minimum atomic E-state index is -0.191. The largest absolute Gasteiger partial charge is 0.357 e. The second kappa shape index (κ2) is 10.6. The van der Waals surface area contributed by atoms with E-state index >= 15 is 0 Å². The van der Waals surface area contributed by atoms with Crippen molar-refractivity contribution in [2.45, 2.75) is 45.3 Å². The topological polar surface area (TPSA) is 75.1 Å². The van der Waals surface area contributed by atoms with Crippen molar-refractivity contribution < 1.29 is 4.79 Å². The second-order valence-corrected chi connectivity index (χ2v) is 7.99. The zero-order chi connectivity index (χ0) is 21.3. The second-order valence-electron chi connectivity index (χ2n) is 7.99. The van der Waals surface area contributed by atoms with Gasteiger partial charge in [-0.15, -0.1) is 0 Å². The average molecular weight is 419 g/mol. The summed E-state index contributed by atoms with van der Waals surface area (Å²) in [4.78, 5) is 19.1. The minimum absolute atomic E-state index is 0.191. The van der Waals surface area contributed by atoms with Crippen LogP contribution in [0, 0.1) is 0 Å². The van der Waals surface area contributed by atoms with Gasteiger partial charge in [0.1, 0.15) is 5.82 Å². The Morgan fingerprint density at radius 1 is 0.903 bits per heavy atom. The van der Waals surface area contributed by atoms with Crippen LogP contribution in [0.4, 0.5) is 10.6 Å². The molecule has 1 aliphatic rings. The number of benzene rings is 1. The van der Waals surface area contributed by atoms with Crippen LogP contribution in [0.2, 0.25) is 0 Å². The van der Waals surface area contributed by atoms with Crippen molar-refractivity contribution in [3.8, 4) is 0 Å². The summed E-state index contributed by atoms with van der Waals surface area (Å²) < 4.78 is 1.88. The van der Waals surface area contributed by atoms with Crippen LogP contribution in [0.15, 0.2) is 61.1 Å². The molecule has 31 heavy (non-hydrogen) atoms. The molecule has 0 bridgehead atoms. The van der Waals surface area contributed by atoms with E-state index in [1.165, 1.54) is 31.2 Å². The van der Waals surface area contributed by atoms with Crippen molar-refractivity contribution in [3.63, 3.8) is 0 Å². The number of nitrogens with zero attached hydrogens (tertiary/aromatic N) is 4. The Bertz CT molecular complexity index is 963. The van der Waals surface area contributed by atoms with E-state index in [1.54, 1.807) is 6.20 Å². The summed E-state index contributed by atoms with van der Waals surface area (Å²) in [5.41, 5.74) is 3.22. The predicted octanol–water partition coefficient (Wildman–Crippen LogP) is 3.71. The van der Waals surface area contributed by atoms with Gasteiger partial charge in [0.2, 0.25) is 0 Å². The number of rotatable bonds is 7. The van der Waals surface area contributed by atoms with Gasteiger partial charge in [0, 0.05) is 44.1 Å². The standard InChI is InChI=1S/C24H30N6O/c31-24(27-16-22-17-28-30(19-22)18-20-8-4-3-5-9-20)26-15-21-10-11-25-23(14-21)29-12-6-1-2-7-13-29/h3-5,8-11,14,17,19H,1-2,6-7,12-13,15-16,18H2,(H2,26,27,31). The highest BCUT2D eigenvalue weighted by molar-refractivity contribution is 5.73. The fourth-order valence-electron chi connectivity index (χ4n) is 3.83. The summed E-state index contributed by atoms with van der Waals surface area (Å²) in [5.74, 6) is 1.01. The highest BCUT2D eigenvalue weighted by Crippen LogP contribution is 2.18. The highest BCUT2D eigenvalue weighted by Gasteiger charge is 2.11. The Labute approximate surface area is 183 Å². The van der Waals surface area contributed by atoms with Gasteiger partial charge in [0.15, 0.2) is 0 Å². The van der Waals surface area contributed by atoms with E-state index in [9.17, 15) is 4.79 Å². The van der Waals surface area contributed by atoms with Gasteiger partial charge < -0.3 is 15.5 Å². The number of hydrogen-bond acceptors (Lipinski definition) is 4. The van der Waals surface area contributed by atoms with Gasteiger partial charge >= 0.3 is 6.03 Å². The number of amides is 2. The maximum absolute atomic E-state index is 12.2. The molecular formula is C24H30N6O. The highest BCUT2D eigenvalue weighted by atomic mass is 16.2. The fourth-order valence-corrected chi connectivity index (χ4v) is 3.83. The first kappa shape index (κ1) is 20.9. The van der Waals surface area contributed by atoms with Crippen molar-refractivity contribution >= 4 is 11.8 Å². The van der Waals surface area contributed by atoms with Crippen molar-refractivity contribution in [3.05, 3.63) is 77.7 Å². The summed E-state index contributed by atoms with van der Waals surface area (Å²) in [7, 11) is 0. The third-order valence-electron chi connectivity index (χ3n) is 5.52. The van der Waals surface area contributed by atoms with Crippen LogP contribution in [0.25, 0.3) is 0 Å². The van der Waals surface area contributed by atoms with E-state index in [0.717, 1.165) is 30.0 Å². The fraction of sp³-hybridized carbons (Fsp3) is 0.375. The van der Waals surface area contributed by atoms with Gasteiger partial charge in [-0.3, -0.25) is 4.68 Å². The summed E-state index contributed by atoms with van der Waals surface area (Å²) >= 11 is 0. The first-order valence-corrected chi connectivity index (χ1v) is 11.0. The predicted molar refractivity (Wildman–Crippen MR) is 122 cm³/mol. The molecular weight excluding hydrogens is 388 g/mol. The van der Waals surface area contributed by atoms with Crippen molar-refractivity contribution in [2.24, 2.45) is 0 Å². The number of urea groups is 1. The van der Waals surface area contributed by atoms with Crippen LogP contribution < -0.4 is 15.5 Å². The quantitative estimate of drug-likeness (QED) is 0.613. The van der Waals surface area contributed by atoms with Crippen LogP contribution in [-0.2, 0) is 19.6 Å². The number of carbonyl (C=O) groups is 1. The summed E-state index contributed by atoms with van der Waals surface area (Å²) in [6.45, 7) is 3.75. The lowest BCUT2D eigenvalue weighted by molar-refractivity contribution is 0.240. The molecule has 3 aromatic rings. The van der Waals surface area contributed by atoms with Crippen molar-refractivity contribution in [2.75, 3.05) is 18.0 Å². The molecule has 0 radical (unpaired) electrons. The Hall–Kier alpha value is -3.35. The molecule has 162 valence electrons. The van der Waals surface area contributed by atoms with Crippen LogP contribution in [0.1, 0.15) is 42.4 Å². The smallest absolute Gasteiger partial charge is 0.315 e. The zero-order valence-corrected chi connectivity index (χ0v) is 17.8. The van der Waals surface area contributed by atoms with Gasteiger partial charge in [0.05, 0.1) is 12.7 Å². The number of aromatic nitrogens is 3. The van der Waals surface area contributed by atoms with E-state index in [0.29, 0.717) is 19.6 Å². The lowest BCUT2D eigenvalue weighted by Crippen LogP contribution is -2.34. The van der Waals surface area contributed by atoms with Crippen LogP contribution >= 0.6 is 0 Å². The number of anilines is 1. The lowest BCUT2D eigenvalue weighted by Gasteiger charge is -2.21. The molecule has 4 rings (SSSR count). The monoisotopic (exact) mass is 418 g/mol. The molecule has 2 aromatic heterocycles. The minimum Gasteiger partial charge on any atom is -0.357 e. The number of hydrogen-bond donors (Lipinski definition) is 2. The molecule has 2 amide bonds. The Morgan fingerprint density at radius 2 is 1.65 bits per heavy atom. The first-order chi connectivity index (χ1) is 15.3. The first-order valence-electron chi connectivity index (χ1n) is 11.0. The van der Waals surface area contributed by atoms with E-state index in [1.807, 2.05) is 41.3 Å². The molecule has 1 fully saturated rings. The van der Waals surface area contributed by atoms with E-state index < -0.39 is 0 Å². The molecule has 0 saturated carbocycles. The molecule has 0 spiro atoms. The van der Waals surface area contributed by atoms with E-state index in [-0.39, 0.29) is 6.03 Å². The van der Waals surface area contributed by atoms with Crippen LogP contribution in [0.5, 0.6) is 0 Å². The van der Waals surface area contributed by atoms with Gasteiger partial charge in [0.25, 0.3) is 0 Å². The maximum atomic E-state index is 12.2. The third-order valence-corrected chi connectivity index (χ3v) is 5.52. The van der Waals surface area contributed by atoms with Crippen LogP contribution in [-0.4, -0.2) is 33.9 Å². The molecule has 1 aliphatic heterocycles. The van der Waals surface area contributed by atoms with Gasteiger partial charge in [-0.05, 0) is 36.1 Å². The summed E-state index contributed by atoms with van der Waals surface area (Å²) in [6.07, 6.45) is 10.6. The van der Waals surface area contributed by atoms with Gasteiger partial charge in [-0.1, -0.05) is 43.2 Å². The Balaban J connectivity index is 1.23. The number of nitrogens with one attached hydrogen (secondary N) is 2. The Kier molecular flexibility index (Phi) is 7.16. The lowest BCUT2D eigenvalue weighted by atomic mass is 10.2. The maximum Gasteiger partial charge on any atom is 0.315 e. The molecule has 0 unspecified atom stereocenters. The molecule has 1 aromatic carbocycles. The number of carbonyl (C=O) groups excluding carboxylic acids is 1. The zero-order valence-electron chi connectivity index (χ0n) is 17.8. The van der Waals surface area contributed by atoms with Gasteiger partial charge in [-0.25, -0.2) is 9.78 Å². The normalized spacial score (nSPS) is 14.1. The van der Waals surface area contributed by atoms with E-state index in [4.69, 9.17) is 0 Å².